The topological polar surface area (TPSA) is 77.8 Å². The molecular weight excluding hydrogens is 234 g/mol. The van der Waals surface area contributed by atoms with Crippen LogP contribution in [0.25, 0.3) is 0 Å². The maximum atomic E-state index is 12.2. The van der Waals surface area contributed by atoms with Crippen molar-refractivity contribution in [3.63, 3.8) is 0 Å². The van der Waals surface area contributed by atoms with Gasteiger partial charge in [-0.1, -0.05) is 0 Å². The number of rotatable bonds is 4. The molecule has 3 unspecified atom stereocenters. The second-order valence-corrected chi connectivity index (χ2v) is 5.50. The van der Waals surface area contributed by atoms with E-state index in [1.54, 1.807) is 0 Å². The van der Waals surface area contributed by atoms with Crippen LogP contribution >= 0.6 is 0 Å². The molecule has 1 saturated carbocycles. The largest absolute Gasteiger partial charge is 0.481 e. The van der Waals surface area contributed by atoms with Gasteiger partial charge >= 0.3 is 5.97 Å². The van der Waals surface area contributed by atoms with E-state index in [1.165, 1.54) is 0 Å². The van der Waals surface area contributed by atoms with Crippen molar-refractivity contribution in [2.45, 2.75) is 32.1 Å². The first-order chi connectivity index (χ1) is 8.61. The summed E-state index contributed by atoms with van der Waals surface area (Å²) in [6, 6.07) is 0. The molecule has 1 heterocycles. The number of carbonyl (C=O) groups is 2. The first-order valence-corrected chi connectivity index (χ1v) is 6.74. The predicted molar refractivity (Wildman–Crippen MR) is 64.9 cm³/mol. The van der Waals surface area contributed by atoms with Crippen LogP contribution in [-0.2, 0) is 9.59 Å². The van der Waals surface area contributed by atoms with E-state index < -0.39 is 5.97 Å². The van der Waals surface area contributed by atoms with E-state index in [0.717, 1.165) is 25.9 Å². The van der Waals surface area contributed by atoms with Crippen molar-refractivity contribution in [1.82, 2.24) is 4.90 Å². The molecule has 0 radical (unpaired) electrons. The van der Waals surface area contributed by atoms with Crippen LogP contribution in [0.4, 0.5) is 0 Å². The molecule has 0 bridgehead atoms. The summed E-state index contributed by atoms with van der Waals surface area (Å²) < 4.78 is 0. The van der Waals surface area contributed by atoms with Gasteiger partial charge in [0.25, 0.3) is 0 Å². The minimum absolute atomic E-state index is 0.0982. The van der Waals surface area contributed by atoms with Crippen LogP contribution in [-0.4, -0.2) is 46.7 Å². The van der Waals surface area contributed by atoms with Gasteiger partial charge in [-0.05, 0) is 38.0 Å². The third-order valence-electron chi connectivity index (χ3n) is 4.27. The highest BCUT2D eigenvalue weighted by Gasteiger charge is 2.37. The lowest BCUT2D eigenvalue weighted by Crippen LogP contribution is -2.33. The molecule has 2 rings (SSSR count). The predicted octanol–water partition coefficient (Wildman–Crippen LogP) is 0.718. The Hall–Kier alpha value is -1.10. The molecule has 2 fully saturated rings. The molecule has 1 aliphatic carbocycles. The first kappa shape index (κ1) is 13.3. The molecule has 18 heavy (non-hydrogen) atoms. The third-order valence-corrected chi connectivity index (χ3v) is 4.27. The molecule has 5 nitrogen and oxygen atoms in total. The van der Waals surface area contributed by atoms with Gasteiger partial charge in [-0.3, -0.25) is 9.59 Å². The number of hydrogen-bond donors (Lipinski definition) is 2. The number of aliphatic carboxylic acids is 1. The van der Waals surface area contributed by atoms with Crippen LogP contribution in [0.2, 0.25) is 0 Å². The van der Waals surface area contributed by atoms with E-state index in [2.05, 4.69) is 0 Å². The molecule has 0 aromatic rings. The third kappa shape index (κ3) is 2.83. The van der Waals surface area contributed by atoms with E-state index in [1.807, 2.05) is 4.90 Å². The zero-order valence-electron chi connectivity index (χ0n) is 10.5. The molecule has 5 heteroatoms. The van der Waals surface area contributed by atoms with Crippen molar-refractivity contribution >= 4 is 11.9 Å². The molecule has 2 N–H and O–H groups in total. The van der Waals surface area contributed by atoms with Gasteiger partial charge in [0.15, 0.2) is 0 Å². The first-order valence-electron chi connectivity index (χ1n) is 6.74. The Morgan fingerprint density at radius 1 is 1.17 bits per heavy atom. The average molecular weight is 255 g/mol. The molecule has 0 spiro atoms. The lowest BCUT2D eigenvalue weighted by Gasteiger charge is -2.20. The molecule has 102 valence electrons. The molecule has 2 aliphatic rings. The lowest BCUT2D eigenvalue weighted by molar-refractivity contribution is -0.141. The summed E-state index contributed by atoms with van der Waals surface area (Å²) in [6.07, 6.45) is 3.54. The van der Waals surface area contributed by atoms with Gasteiger partial charge in [0.2, 0.25) is 5.91 Å². The molecule has 0 aromatic carbocycles. The van der Waals surface area contributed by atoms with E-state index in [9.17, 15) is 9.59 Å². The van der Waals surface area contributed by atoms with Crippen LogP contribution < -0.4 is 0 Å². The number of aliphatic hydroxyl groups is 1. The van der Waals surface area contributed by atoms with E-state index >= 15 is 0 Å². The molecule has 1 amide bonds. The quantitative estimate of drug-likeness (QED) is 0.776. The number of carboxylic acids is 1. The Bertz CT molecular complexity index is 331. The van der Waals surface area contributed by atoms with E-state index in [-0.39, 0.29) is 24.3 Å². The number of amides is 1. The Balaban J connectivity index is 1.84. The van der Waals surface area contributed by atoms with Gasteiger partial charge in [-0.15, -0.1) is 0 Å². The summed E-state index contributed by atoms with van der Waals surface area (Å²) in [4.78, 5) is 25.0. The van der Waals surface area contributed by atoms with Gasteiger partial charge in [-0.25, -0.2) is 0 Å². The summed E-state index contributed by atoms with van der Waals surface area (Å²) in [5.74, 6) is -0.673. The number of aliphatic hydroxyl groups excluding tert-OH is 1. The summed E-state index contributed by atoms with van der Waals surface area (Å²) in [6.45, 7) is 1.67. The van der Waals surface area contributed by atoms with Crippen molar-refractivity contribution in [3.8, 4) is 0 Å². The minimum atomic E-state index is -0.773. The van der Waals surface area contributed by atoms with E-state index in [0.29, 0.717) is 25.2 Å². The Kier molecular flexibility index (Phi) is 4.22. The highest BCUT2D eigenvalue weighted by molar-refractivity contribution is 5.81. The smallest absolute Gasteiger partial charge is 0.306 e. The number of hydrogen-bond acceptors (Lipinski definition) is 3. The fourth-order valence-electron chi connectivity index (χ4n) is 3.14. The van der Waals surface area contributed by atoms with Crippen molar-refractivity contribution in [2.75, 3.05) is 19.7 Å². The molecular formula is C13H21NO4. The van der Waals surface area contributed by atoms with Crippen molar-refractivity contribution in [3.05, 3.63) is 0 Å². The van der Waals surface area contributed by atoms with Gasteiger partial charge in [-0.2, -0.15) is 0 Å². The fourth-order valence-corrected chi connectivity index (χ4v) is 3.14. The number of carboxylic acid groups (broad SMARTS) is 1. The lowest BCUT2D eigenvalue weighted by atomic mass is 10.0. The Morgan fingerprint density at radius 2 is 1.89 bits per heavy atom. The minimum Gasteiger partial charge on any atom is -0.481 e. The van der Waals surface area contributed by atoms with Crippen LogP contribution in [0.15, 0.2) is 0 Å². The zero-order chi connectivity index (χ0) is 13.1. The van der Waals surface area contributed by atoms with Gasteiger partial charge in [0.1, 0.15) is 0 Å². The molecule has 1 aliphatic heterocycles. The zero-order valence-corrected chi connectivity index (χ0v) is 10.5. The normalized spacial score (nSPS) is 31.8. The van der Waals surface area contributed by atoms with Crippen molar-refractivity contribution in [1.29, 1.82) is 0 Å². The Morgan fingerprint density at radius 3 is 2.50 bits per heavy atom. The average Bonchev–Trinajstić information content (AvgIpc) is 2.97. The SMILES string of the molecule is O=C(O)C1CCC(C(=O)N2CCC(CCO)C2)C1. The summed E-state index contributed by atoms with van der Waals surface area (Å²) >= 11 is 0. The highest BCUT2D eigenvalue weighted by atomic mass is 16.4. The summed E-state index contributed by atoms with van der Waals surface area (Å²) in [5.41, 5.74) is 0. The summed E-state index contributed by atoms with van der Waals surface area (Å²) in [7, 11) is 0. The number of nitrogens with zero attached hydrogens (tertiary/aromatic N) is 1. The number of likely N-dealkylation sites (tertiary alicyclic amines) is 1. The standard InChI is InChI=1S/C13H21NO4/c15-6-4-9-3-5-14(8-9)12(16)10-1-2-11(7-10)13(17)18/h9-11,15H,1-8H2,(H,17,18). The van der Waals surface area contributed by atoms with Crippen LogP contribution in [0.5, 0.6) is 0 Å². The van der Waals surface area contributed by atoms with Gasteiger partial charge < -0.3 is 15.1 Å². The van der Waals surface area contributed by atoms with E-state index in [4.69, 9.17) is 10.2 Å². The van der Waals surface area contributed by atoms with Crippen molar-refractivity contribution in [2.24, 2.45) is 17.8 Å². The number of carbonyl (C=O) groups excluding carboxylic acids is 1. The van der Waals surface area contributed by atoms with Crippen LogP contribution in [0, 0.1) is 17.8 Å². The monoisotopic (exact) mass is 255 g/mol. The molecule has 3 atom stereocenters. The maximum Gasteiger partial charge on any atom is 0.306 e. The van der Waals surface area contributed by atoms with Crippen molar-refractivity contribution < 1.29 is 19.8 Å². The molecule has 1 saturated heterocycles. The maximum absolute atomic E-state index is 12.2. The summed E-state index contributed by atoms with van der Waals surface area (Å²) in [5, 5.41) is 17.8. The fraction of sp³-hybridized carbons (Fsp3) is 0.846. The van der Waals surface area contributed by atoms with Gasteiger partial charge in [0, 0.05) is 25.6 Å². The van der Waals surface area contributed by atoms with Crippen LogP contribution in [0.1, 0.15) is 32.1 Å². The highest BCUT2D eigenvalue weighted by Crippen LogP contribution is 2.33. The Labute approximate surface area is 107 Å². The second kappa shape index (κ2) is 5.69. The molecule has 0 aromatic heterocycles. The second-order valence-electron chi connectivity index (χ2n) is 5.50. The van der Waals surface area contributed by atoms with Crippen LogP contribution in [0.3, 0.4) is 0 Å². The van der Waals surface area contributed by atoms with Gasteiger partial charge in [0.05, 0.1) is 5.92 Å².